The van der Waals surface area contributed by atoms with E-state index < -0.39 is 0 Å². The lowest BCUT2D eigenvalue weighted by Gasteiger charge is -2.14. The quantitative estimate of drug-likeness (QED) is 0.0963. The SMILES string of the molecule is C=CCC(CCCCCC)CCCCCCCCCCCCCCCCCCCC. The average molecular weight is 421 g/mol. The first-order chi connectivity index (χ1) is 14.8. The molecule has 0 fully saturated rings. The van der Waals surface area contributed by atoms with Gasteiger partial charge in [-0.2, -0.15) is 0 Å². The van der Waals surface area contributed by atoms with Crippen LogP contribution in [-0.4, -0.2) is 0 Å². The predicted octanol–water partition coefficient (Wildman–Crippen LogP) is 11.6. The molecular weight excluding hydrogens is 360 g/mol. The summed E-state index contributed by atoms with van der Waals surface area (Å²) in [5.74, 6) is 0.917. The number of rotatable bonds is 26. The predicted molar refractivity (Wildman–Crippen MR) is 140 cm³/mol. The van der Waals surface area contributed by atoms with Crippen LogP contribution in [0.1, 0.15) is 174 Å². The Morgan fingerprint density at radius 2 is 0.700 bits per heavy atom. The van der Waals surface area contributed by atoms with Gasteiger partial charge in [-0.15, -0.1) is 6.58 Å². The Labute approximate surface area is 193 Å². The molecule has 0 aromatic rings. The van der Waals surface area contributed by atoms with Gasteiger partial charge < -0.3 is 0 Å². The lowest BCUT2D eigenvalue weighted by atomic mass is 9.91. The molecular formula is C30H60. The second kappa shape index (κ2) is 26.8. The van der Waals surface area contributed by atoms with E-state index in [-0.39, 0.29) is 0 Å². The zero-order chi connectivity index (χ0) is 22.0. The third-order valence-corrected chi connectivity index (χ3v) is 6.93. The number of hydrogen-bond donors (Lipinski definition) is 0. The zero-order valence-electron chi connectivity index (χ0n) is 21.5. The van der Waals surface area contributed by atoms with Crippen LogP contribution in [-0.2, 0) is 0 Å². The van der Waals surface area contributed by atoms with Crippen LogP contribution >= 0.6 is 0 Å². The van der Waals surface area contributed by atoms with Crippen molar-refractivity contribution in [2.75, 3.05) is 0 Å². The van der Waals surface area contributed by atoms with Crippen molar-refractivity contribution in [3.8, 4) is 0 Å². The Balaban J connectivity index is 3.25. The lowest BCUT2D eigenvalue weighted by molar-refractivity contribution is 0.407. The molecule has 0 aromatic heterocycles. The fraction of sp³-hybridized carbons (Fsp3) is 0.933. The van der Waals surface area contributed by atoms with Crippen LogP contribution < -0.4 is 0 Å². The van der Waals surface area contributed by atoms with Gasteiger partial charge in [-0.1, -0.05) is 174 Å². The molecule has 0 heteroatoms. The van der Waals surface area contributed by atoms with Crippen LogP contribution in [0.3, 0.4) is 0 Å². The largest absolute Gasteiger partial charge is 0.103 e. The Hall–Kier alpha value is -0.260. The molecule has 0 aliphatic carbocycles. The Morgan fingerprint density at radius 1 is 0.433 bits per heavy atom. The fourth-order valence-electron chi connectivity index (χ4n) is 4.81. The van der Waals surface area contributed by atoms with Crippen molar-refractivity contribution in [2.45, 2.75) is 174 Å². The van der Waals surface area contributed by atoms with Gasteiger partial charge in [0.2, 0.25) is 0 Å². The van der Waals surface area contributed by atoms with E-state index in [2.05, 4.69) is 26.5 Å². The second-order valence-electron chi connectivity index (χ2n) is 10.0. The second-order valence-corrected chi connectivity index (χ2v) is 10.0. The maximum absolute atomic E-state index is 3.97. The molecule has 1 unspecified atom stereocenters. The van der Waals surface area contributed by atoms with Crippen molar-refractivity contribution in [3.05, 3.63) is 12.7 Å². The van der Waals surface area contributed by atoms with Crippen LogP contribution in [0.4, 0.5) is 0 Å². The molecule has 0 N–H and O–H groups in total. The monoisotopic (exact) mass is 420 g/mol. The first-order valence-electron chi connectivity index (χ1n) is 14.5. The fourth-order valence-corrected chi connectivity index (χ4v) is 4.81. The topological polar surface area (TPSA) is 0 Å². The minimum atomic E-state index is 0.917. The van der Waals surface area contributed by atoms with Crippen LogP contribution in [0.25, 0.3) is 0 Å². The van der Waals surface area contributed by atoms with Gasteiger partial charge in [0.15, 0.2) is 0 Å². The van der Waals surface area contributed by atoms with Crippen molar-refractivity contribution >= 4 is 0 Å². The molecule has 0 aliphatic heterocycles. The van der Waals surface area contributed by atoms with E-state index >= 15 is 0 Å². The van der Waals surface area contributed by atoms with Crippen molar-refractivity contribution in [1.29, 1.82) is 0 Å². The number of allylic oxidation sites excluding steroid dienone is 1. The van der Waals surface area contributed by atoms with Gasteiger partial charge in [-0.25, -0.2) is 0 Å². The Morgan fingerprint density at radius 3 is 1.00 bits per heavy atom. The lowest BCUT2D eigenvalue weighted by Crippen LogP contribution is -1.99. The minimum Gasteiger partial charge on any atom is -0.103 e. The van der Waals surface area contributed by atoms with Gasteiger partial charge >= 0.3 is 0 Å². The molecule has 0 rings (SSSR count). The molecule has 30 heavy (non-hydrogen) atoms. The molecule has 0 saturated heterocycles. The zero-order valence-corrected chi connectivity index (χ0v) is 21.5. The highest BCUT2D eigenvalue weighted by Gasteiger charge is 2.06. The maximum atomic E-state index is 3.97. The first-order valence-corrected chi connectivity index (χ1v) is 14.5. The highest BCUT2D eigenvalue weighted by Crippen LogP contribution is 2.22. The highest BCUT2D eigenvalue weighted by atomic mass is 14.1. The van der Waals surface area contributed by atoms with E-state index in [1.807, 2.05) is 0 Å². The van der Waals surface area contributed by atoms with Gasteiger partial charge in [-0.05, 0) is 12.3 Å². The summed E-state index contributed by atoms with van der Waals surface area (Å²) >= 11 is 0. The Kier molecular flexibility index (Phi) is 26.5. The molecule has 0 spiro atoms. The molecule has 0 aliphatic rings. The smallest absolute Gasteiger partial charge is 0.0325 e. The first kappa shape index (κ1) is 29.7. The van der Waals surface area contributed by atoms with Crippen molar-refractivity contribution in [3.63, 3.8) is 0 Å². The number of hydrogen-bond acceptors (Lipinski definition) is 0. The van der Waals surface area contributed by atoms with Gasteiger partial charge in [0.05, 0.1) is 0 Å². The van der Waals surface area contributed by atoms with E-state index in [1.165, 1.54) is 161 Å². The maximum Gasteiger partial charge on any atom is -0.0325 e. The summed E-state index contributed by atoms with van der Waals surface area (Å²) in [5, 5.41) is 0. The van der Waals surface area contributed by atoms with Crippen LogP contribution in [0.2, 0.25) is 0 Å². The molecule has 0 bridgehead atoms. The van der Waals surface area contributed by atoms with Crippen LogP contribution in [0.5, 0.6) is 0 Å². The third-order valence-electron chi connectivity index (χ3n) is 6.93. The summed E-state index contributed by atoms with van der Waals surface area (Å²) in [7, 11) is 0. The van der Waals surface area contributed by atoms with Gasteiger partial charge in [-0.3, -0.25) is 0 Å². The van der Waals surface area contributed by atoms with Gasteiger partial charge in [0.1, 0.15) is 0 Å². The molecule has 0 nitrogen and oxygen atoms in total. The summed E-state index contributed by atoms with van der Waals surface area (Å²) in [6, 6.07) is 0. The standard InChI is InChI=1S/C30H60/c1-4-7-9-11-12-13-14-15-16-17-18-19-20-21-22-23-24-26-29-30(27-6-3)28-25-10-8-5-2/h6,30H,3-5,7-29H2,1-2H3. The highest BCUT2D eigenvalue weighted by molar-refractivity contribution is 4.73. The normalized spacial score (nSPS) is 12.3. The van der Waals surface area contributed by atoms with Crippen molar-refractivity contribution in [2.24, 2.45) is 5.92 Å². The van der Waals surface area contributed by atoms with E-state index in [9.17, 15) is 0 Å². The van der Waals surface area contributed by atoms with Crippen molar-refractivity contribution in [1.82, 2.24) is 0 Å². The van der Waals surface area contributed by atoms with Gasteiger partial charge in [0, 0.05) is 0 Å². The minimum absolute atomic E-state index is 0.917. The summed E-state index contributed by atoms with van der Waals surface area (Å²) in [6.07, 6.45) is 38.3. The molecule has 0 heterocycles. The molecule has 0 amide bonds. The molecule has 0 radical (unpaired) electrons. The van der Waals surface area contributed by atoms with Crippen LogP contribution in [0.15, 0.2) is 12.7 Å². The molecule has 1 atom stereocenters. The van der Waals surface area contributed by atoms with E-state index in [0.29, 0.717) is 0 Å². The summed E-state index contributed by atoms with van der Waals surface area (Å²) in [4.78, 5) is 0. The molecule has 0 aromatic carbocycles. The third kappa shape index (κ3) is 24.0. The summed E-state index contributed by atoms with van der Waals surface area (Å²) in [5.41, 5.74) is 0. The molecule has 180 valence electrons. The van der Waals surface area contributed by atoms with Crippen molar-refractivity contribution < 1.29 is 0 Å². The van der Waals surface area contributed by atoms with E-state index in [1.54, 1.807) is 0 Å². The van der Waals surface area contributed by atoms with E-state index in [4.69, 9.17) is 0 Å². The summed E-state index contributed by atoms with van der Waals surface area (Å²) < 4.78 is 0. The average Bonchev–Trinajstić information content (AvgIpc) is 2.75. The van der Waals surface area contributed by atoms with E-state index in [0.717, 1.165) is 5.92 Å². The number of unbranched alkanes of at least 4 members (excludes halogenated alkanes) is 20. The molecule has 0 saturated carbocycles. The summed E-state index contributed by atoms with van der Waals surface area (Å²) in [6.45, 7) is 8.58. The Bertz CT molecular complexity index is 305. The van der Waals surface area contributed by atoms with Crippen LogP contribution in [0, 0.1) is 5.92 Å². The van der Waals surface area contributed by atoms with Gasteiger partial charge in [0.25, 0.3) is 0 Å².